The summed E-state index contributed by atoms with van der Waals surface area (Å²) in [6, 6.07) is 22.1. The highest BCUT2D eigenvalue weighted by molar-refractivity contribution is 6.37. The van der Waals surface area contributed by atoms with Crippen LogP contribution in [-0.4, -0.2) is 35.6 Å². The van der Waals surface area contributed by atoms with Crippen LogP contribution >= 0.6 is 0 Å². The molecule has 0 saturated carbocycles. The fourth-order valence-corrected chi connectivity index (χ4v) is 5.62. The second kappa shape index (κ2) is 7.71. The van der Waals surface area contributed by atoms with E-state index in [1.54, 1.807) is 79.7 Å². The molecular formula is C28H21NO6. The molecule has 0 N–H and O–H groups in total. The Balaban J connectivity index is 1.54. The third-order valence-corrected chi connectivity index (χ3v) is 7.05. The van der Waals surface area contributed by atoms with Gasteiger partial charge in [0.1, 0.15) is 5.75 Å². The van der Waals surface area contributed by atoms with E-state index in [0.29, 0.717) is 17.9 Å². The number of ether oxygens (including phenoxy) is 2. The van der Waals surface area contributed by atoms with Gasteiger partial charge in [-0.3, -0.25) is 19.2 Å². The number of para-hydroxylation sites is 2. The van der Waals surface area contributed by atoms with Gasteiger partial charge >= 0.3 is 0 Å². The average molecular weight is 467 g/mol. The van der Waals surface area contributed by atoms with Crippen LogP contribution in [0.2, 0.25) is 0 Å². The van der Waals surface area contributed by atoms with Crippen molar-refractivity contribution in [1.82, 2.24) is 0 Å². The molecule has 3 aromatic rings. The van der Waals surface area contributed by atoms with Crippen LogP contribution in [0.15, 0.2) is 78.9 Å². The predicted octanol–water partition coefficient (Wildman–Crippen LogP) is 3.78. The van der Waals surface area contributed by atoms with Gasteiger partial charge < -0.3 is 9.47 Å². The molecule has 3 aromatic carbocycles. The third-order valence-electron chi connectivity index (χ3n) is 7.05. The number of benzene rings is 3. The first-order valence-electron chi connectivity index (χ1n) is 11.5. The van der Waals surface area contributed by atoms with Gasteiger partial charge in [-0.25, -0.2) is 4.90 Å². The van der Waals surface area contributed by atoms with Crippen LogP contribution in [0.4, 0.5) is 5.69 Å². The van der Waals surface area contributed by atoms with Gasteiger partial charge in [-0.15, -0.1) is 0 Å². The molecule has 7 heteroatoms. The summed E-state index contributed by atoms with van der Waals surface area (Å²) in [5.41, 5.74) is -0.762. The third kappa shape index (κ3) is 2.76. The van der Waals surface area contributed by atoms with Crippen LogP contribution in [0.3, 0.4) is 0 Å². The van der Waals surface area contributed by atoms with E-state index in [2.05, 4.69) is 0 Å². The van der Waals surface area contributed by atoms with Crippen molar-refractivity contribution in [2.75, 3.05) is 11.5 Å². The maximum absolute atomic E-state index is 14.0. The predicted molar refractivity (Wildman–Crippen MR) is 125 cm³/mol. The van der Waals surface area contributed by atoms with Crippen LogP contribution in [0, 0.1) is 11.8 Å². The van der Waals surface area contributed by atoms with Gasteiger partial charge in [-0.1, -0.05) is 66.7 Å². The van der Waals surface area contributed by atoms with E-state index in [0.717, 1.165) is 4.90 Å². The van der Waals surface area contributed by atoms with Crippen molar-refractivity contribution in [2.24, 2.45) is 11.8 Å². The minimum absolute atomic E-state index is 0.207. The molecule has 0 aromatic heterocycles. The number of hydrogen-bond donors (Lipinski definition) is 0. The van der Waals surface area contributed by atoms with Crippen molar-refractivity contribution in [3.05, 3.63) is 95.6 Å². The lowest BCUT2D eigenvalue weighted by atomic mass is 9.77. The number of nitrogens with zero attached hydrogens (tertiary/aromatic N) is 1. The Morgan fingerprint density at radius 3 is 2.06 bits per heavy atom. The number of anilines is 1. The summed E-state index contributed by atoms with van der Waals surface area (Å²) in [6.07, 6.45) is -0.941. The van der Waals surface area contributed by atoms with Crippen molar-refractivity contribution >= 4 is 29.1 Å². The number of hydrogen-bond acceptors (Lipinski definition) is 6. The van der Waals surface area contributed by atoms with E-state index in [1.807, 2.05) is 6.07 Å². The van der Waals surface area contributed by atoms with Crippen LogP contribution in [-0.2, 0) is 14.3 Å². The largest absolute Gasteiger partial charge is 0.492 e. The topological polar surface area (TPSA) is 90.0 Å². The Bertz CT molecular complexity index is 1360. The highest BCUT2D eigenvalue weighted by Crippen LogP contribution is 2.58. The van der Waals surface area contributed by atoms with Crippen molar-refractivity contribution in [3.63, 3.8) is 0 Å². The fraction of sp³-hybridized carbons (Fsp3) is 0.214. The number of imide groups is 1. The number of carbonyl (C=O) groups is 4. The molecule has 2 aliphatic heterocycles. The lowest BCUT2D eigenvalue weighted by Gasteiger charge is -2.27. The zero-order valence-corrected chi connectivity index (χ0v) is 18.8. The van der Waals surface area contributed by atoms with Crippen molar-refractivity contribution in [1.29, 1.82) is 0 Å². The number of Topliss-reactive ketones (excluding diaryl/α,β-unsaturated/α-hetero) is 2. The van der Waals surface area contributed by atoms with E-state index in [4.69, 9.17) is 9.47 Å². The Morgan fingerprint density at radius 1 is 0.800 bits per heavy atom. The van der Waals surface area contributed by atoms with Crippen molar-refractivity contribution in [3.8, 4) is 5.75 Å². The smallest absolute Gasteiger partial charge is 0.241 e. The Hall–Kier alpha value is -4.10. The number of ketones is 2. The van der Waals surface area contributed by atoms with Crippen LogP contribution < -0.4 is 9.64 Å². The summed E-state index contributed by atoms with van der Waals surface area (Å²) < 4.78 is 12.0. The van der Waals surface area contributed by atoms with E-state index < -0.39 is 46.9 Å². The first-order chi connectivity index (χ1) is 17.0. The summed E-state index contributed by atoms with van der Waals surface area (Å²) in [6.45, 7) is 2.15. The van der Waals surface area contributed by atoms with Crippen molar-refractivity contribution in [2.45, 2.75) is 18.6 Å². The molecule has 3 atom stereocenters. The van der Waals surface area contributed by atoms with Gasteiger partial charge in [0.05, 0.1) is 30.2 Å². The quantitative estimate of drug-likeness (QED) is 0.429. The Morgan fingerprint density at radius 2 is 1.40 bits per heavy atom. The SMILES string of the molecule is CCOc1ccccc1N1C(=O)[C@H]2[C@@H](c3ccccc3)OC3(C(=O)c4ccccc4C3=O)[C@H]2C1=O. The van der Waals surface area contributed by atoms with E-state index in [-0.39, 0.29) is 16.8 Å². The standard InChI is InChI=1S/C28H21NO6/c1-2-34-20-15-9-8-14-19(20)29-26(32)21-22(27(29)33)28(35-23(21)16-10-4-3-5-11-16)24(30)17-12-6-7-13-18(17)25(28)31/h3-15,21-23H,2H2,1H3/t21-,22-,23-/m1/s1. The molecule has 2 saturated heterocycles. The number of fused-ring (bicyclic) bond motifs is 3. The molecule has 3 aliphatic rings. The molecule has 1 aliphatic carbocycles. The summed E-state index contributed by atoms with van der Waals surface area (Å²) in [4.78, 5) is 56.5. The second-order valence-electron chi connectivity index (χ2n) is 8.80. The highest BCUT2D eigenvalue weighted by Gasteiger charge is 2.74. The van der Waals surface area contributed by atoms with Crippen LogP contribution in [0.25, 0.3) is 0 Å². The lowest BCUT2D eigenvalue weighted by Crippen LogP contribution is -2.51. The van der Waals surface area contributed by atoms with E-state index in [1.165, 1.54) is 0 Å². The first-order valence-corrected chi connectivity index (χ1v) is 11.5. The second-order valence-corrected chi connectivity index (χ2v) is 8.80. The summed E-state index contributed by atoms with van der Waals surface area (Å²) in [5, 5.41) is 0. The maximum atomic E-state index is 14.0. The lowest BCUT2D eigenvalue weighted by molar-refractivity contribution is -0.127. The minimum atomic E-state index is -2.09. The van der Waals surface area contributed by atoms with Crippen LogP contribution in [0.1, 0.15) is 39.3 Å². The van der Waals surface area contributed by atoms with Crippen LogP contribution in [0.5, 0.6) is 5.75 Å². The van der Waals surface area contributed by atoms with Gasteiger partial charge in [0, 0.05) is 11.1 Å². The molecule has 35 heavy (non-hydrogen) atoms. The van der Waals surface area contributed by atoms with Gasteiger partial charge in [-0.2, -0.15) is 0 Å². The fourth-order valence-electron chi connectivity index (χ4n) is 5.62. The molecule has 2 heterocycles. The van der Waals surface area contributed by atoms with Gasteiger partial charge in [-0.05, 0) is 24.6 Å². The average Bonchev–Trinajstić information content (AvgIpc) is 3.45. The van der Waals surface area contributed by atoms with E-state index >= 15 is 0 Å². The molecule has 7 nitrogen and oxygen atoms in total. The molecule has 6 rings (SSSR count). The zero-order chi connectivity index (χ0) is 24.3. The summed E-state index contributed by atoms with van der Waals surface area (Å²) >= 11 is 0. The van der Waals surface area contributed by atoms with Gasteiger partial charge in [0.2, 0.25) is 29.0 Å². The monoisotopic (exact) mass is 467 g/mol. The van der Waals surface area contributed by atoms with Gasteiger partial charge in [0.25, 0.3) is 0 Å². The number of rotatable bonds is 4. The molecule has 2 amide bonds. The molecular weight excluding hydrogens is 446 g/mol. The first kappa shape index (κ1) is 21.4. The van der Waals surface area contributed by atoms with Gasteiger partial charge in [0.15, 0.2) is 0 Å². The molecule has 2 fully saturated rings. The molecule has 1 spiro atoms. The zero-order valence-electron chi connectivity index (χ0n) is 18.8. The Kier molecular flexibility index (Phi) is 4.72. The highest BCUT2D eigenvalue weighted by atomic mass is 16.5. The number of carbonyl (C=O) groups excluding carboxylic acids is 4. The Labute approximate surface area is 201 Å². The summed E-state index contributed by atoms with van der Waals surface area (Å²) in [7, 11) is 0. The molecule has 0 bridgehead atoms. The maximum Gasteiger partial charge on any atom is 0.241 e. The normalized spacial score (nSPS) is 24.3. The minimum Gasteiger partial charge on any atom is -0.492 e. The molecule has 174 valence electrons. The summed E-state index contributed by atoms with van der Waals surface area (Å²) in [5.74, 6) is -4.27. The number of amides is 2. The van der Waals surface area contributed by atoms with E-state index in [9.17, 15) is 19.2 Å². The molecule has 0 radical (unpaired) electrons. The van der Waals surface area contributed by atoms with Crippen molar-refractivity contribution < 1.29 is 28.7 Å². The molecule has 0 unspecified atom stereocenters.